The van der Waals surface area contributed by atoms with Gasteiger partial charge in [-0.25, -0.2) is 18.2 Å². The van der Waals surface area contributed by atoms with Crippen LogP contribution in [0.1, 0.15) is 26.3 Å². The van der Waals surface area contributed by atoms with Crippen LogP contribution in [0.4, 0.5) is 5.13 Å². The number of carbonyl (C=O) groups excluding carboxylic acids is 1. The van der Waals surface area contributed by atoms with E-state index in [9.17, 15) is 23.1 Å². The van der Waals surface area contributed by atoms with Crippen molar-refractivity contribution in [3.05, 3.63) is 53.1 Å². The molecule has 0 atom stereocenters. The molecular formula is C17H14N2O5S2. The van der Waals surface area contributed by atoms with Crippen molar-refractivity contribution < 1.29 is 23.1 Å². The number of rotatable bonds is 4. The number of carboxylic acids is 1. The third-order valence-corrected chi connectivity index (χ3v) is 5.70. The average Bonchev–Trinajstić information content (AvgIpc) is 2.94. The lowest BCUT2D eigenvalue weighted by Gasteiger charge is -2.06. The van der Waals surface area contributed by atoms with E-state index in [1.165, 1.54) is 24.3 Å². The number of carbonyl (C=O) groups is 2. The van der Waals surface area contributed by atoms with E-state index in [2.05, 4.69) is 10.3 Å². The van der Waals surface area contributed by atoms with Gasteiger partial charge < -0.3 is 5.11 Å². The van der Waals surface area contributed by atoms with Crippen molar-refractivity contribution in [1.82, 2.24) is 4.98 Å². The van der Waals surface area contributed by atoms with E-state index in [-0.39, 0.29) is 21.2 Å². The highest BCUT2D eigenvalue weighted by Gasteiger charge is 2.18. The van der Waals surface area contributed by atoms with Gasteiger partial charge in [0.1, 0.15) is 0 Å². The van der Waals surface area contributed by atoms with Crippen molar-refractivity contribution in [3.63, 3.8) is 0 Å². The molecule has 2 N–H and O–H groups in total. The molecule has 0 spiro atoms. The van der Waals surface area contributed by atoms with Gasteiger partial charge in [-0.15, -0.1) is 0 Å². The Kier molecular flexibility index (Phi) is 4.51. The Labute approximate surface area is 153 Å². The topological polar surface area (TPSA) is 113 Å². The molecule has 26 heavy (non-hydrogen) atoms. The Balaban J connectivity index is 1.95. The maximum absolute atomic E-state index is 12.5. The minimum absolute atomic E-state index is 0.0357. The summed E-state index contributed by atoms with van der Waals surface area (Å²) >= 11 is 1.11. The van der Waals surface area contributed by atoms with Gasteiger partial charge in [0.25, 0.3) is 5.91 Å². The van der Waals surface area contributed by atoms with E-state index < -0.39 is 21.7 Å². The van der Waals surface area contributed by atoms with Crippen LogP contribution in [0, 0.1) is 6.92 Å². The summed E-state index contributed by atoms with van der Waals surface area (Å²) in [5.74, 6) is -1.79. The molecule has 9 heteroatoms. The maximum atomic E-state index is 12.5. The van der Waals surface area contributed by atoms with Crippen molar-refractivity contribution in [2.24, 2.45) is 0 Å². The molecule has 2 aromatic carbocycles. The van der Waals surface area contributed by atoms with Crippen LogP contribution >= 0.6 is 11.3 Å². The molecule has 3 rings (SSSR count). The zero-order chi connectivity index (χ0) is 19.1. The highest BCUT2D eigenvalue weighted by atomic mass is 32.2. The Morgan fingerprint density at radius 2 is 1.85 bits per heavy atom. The van der Waals surface area contributed by atoms with Crippen LogP contribution in [0.2, 0.25) is 0 Å². The lowest BCUT2D eigenvalue weighted by atomic mass is 10.0. The fourth-order valence-corrected chi connectivity index (χ4v) is 4.01. The zero-order valence-corrected chi connectivity index (χ0v) is 15.4. The summed E-state index contributed by atoms with van der Waals surface area (Å²) < 4.78 is 23.9. The van der Waals surface area contributed by atoms with Crippen molar-refractivity contribution in [2.45, 2.75) is 11.8 Å². The number of benzene rings is 2. The summed E-state index contributed by atoms with van der Waals surface area (Å²) in [5.41, 5.74) is 1.23. The Morgan fingerprint density at radius 3 is 2.50 bits per heavy atom. The first kappa shape index (κ1) is 18.0. The van der Waals surface area contributed by atoms with Gasteiger partial charge in [0, 0.05) is 6.26 Å². The summed E-state index contributed by atoms with van der Waals surface area (Å²) in [7, 11) is -3.34. The smallest absolute Gasteiger partial charge is 0.336 e. The second kappa shape index (κ2) is 6.50. The molecule has 1 aromatic heterocycles. The molecule has 0 aliphatic carbocycles. The highest BCUT2D eigenvalue weighted by molar-refractivity contribution is 7.90. The van der Waals surface area contributed by atoms with E-state index in [0.717, 1.165) is 23.2 Å². The lowest BCUT2D eigenvalue weighted by Crippen LogP contribution is -2.16. The van der Waals surface area contributed by atoms with E-state index in [0.29, 0.717) is 10.2 Å². The van der Waals surface area contributed by atoms with Gasteiger partial charge in [-0.1, -0.05) is 23.0 Å². The first-order valence-electron chi connectivity index (χ1n) is 7.41. The fraction of sp³-hybridized carbons (Fsp3) is 0.118. The number of hydrogen-bond acceptors (Lipinski definition) is 6. The molecule has 0 unspecified atom stereocenters. The number of aryl methyl sites for hydroxylation is 1. The molecule has 0 aliphatic heterocycles. The quantitative estimate of drug-likeness (QED) is 0.708. The summed E-state index contributed by atoms with van der Waals surface area (Å²) in [5, 5.41) is 12.1. The second-order valence-corrected chi connectivity index (χ2v) is 8.78. The normalized spacial score (nSPS) is 11.5. The molecule has 0 radical (unpaired) electrons. The minimum Gasteiger partial charge on any atom is -0.478 e. The van der Waals surface area contributed by atoms with Gasteiger partial charge in [-0.05, 0) is 37.3 Å². The van der Waals surface area contributed by atoms with Gasteiger partial charge in [0.15, 0.2) is 15.0 Å². The van der Waals surface area contributed by atoms with Crippen LogP contribution in [-0.2, 0) is 9.84 Å². The number of thiazole rings is 1. The number of nitrogens with one attached hydrogen (secondary N) is 1. The Hall–Kier alpha value is -2.78. The summed E-state index contributed by atoms with van der Waals surface area (Å²) in [6.45, 7) is 1.76. The summed E-state index contributed by atoms with van der Waals surface area (Å²) in [4.78, 5) is 28.2. The van der Waals surface area contributed by atoms with Crippen molar-refractivity contribution >= 4 is 48.4 Å². The van der Waals surface area contributed by atoms with Gasteiger partial charge in [-0.2, -0.15) is 0 Å². The molecule has 3 aromatic rings. The number of nitrogens with zero attached hydrogens (tertiary/aromatic N) is 1. The average molecular weight is 390 g/mol. The third kappa shape index (κ3) is 3.58. The number of aromatic carboxylic acids is 1. The minimum atomic E-state index is -3.34. The van der Waals surface area contributed by atoms with Crippen molar-refractivity contribution in [2.75, 3.05) is 11.6 Å². The maximum Gasteiger partial charge on any atom is 0.336 e. The van der Waals surface area contributed by atoms with Crippen LogP contribution in [-0.4, -0.2) is 36.6 Å². The molecule has 0 aliphatic rings. The number of carboxylic acid groups (broad SMARTS) is 1. The number of amides is 1. The van der Waals surface area contributed by atoms with Crippen LogP contribution < -0.4 is 5.32 Å². The van der Waals surface area contributed by atoms with Crippen molar-refractivity contribution in [1.29, 1.82) is 0 Å². The Bertz CT molecular complexity index is 1150. The van der Waals surface area contributed by atoms with Gasteiger partial charge >= 0.3 is 5.97 Å². The lowest BCUT2D eigenvalue weighted by molar-refractivity contribution is 0.0692. The molecule has 0 saturated heterocycles. The van der Waals surface area contributed by atoms with E-state index in [4.69, 9.17) is 0 Å². The first-order valence-corrected chi connectivity index (χ1v) is 10.1. The van der Waals surface area contributed by atoms with Crippen LogP contribution in [0.3, 0.4) is 0 Å². The van der Waals surface area contributed by atoms with Gasteiger partial charge in [-0.3, -0.25) is 10.1 Å². The monoisotopic (exact) mass is 390 g/mol. The summed E-state index contributed by atoms with van der Waals surface area (Å²) in [6.07, 6.45) is 1.11. The number of hydrogen-bond donors (Lipinski definition) is 2. The van der Waals surface area contributed by atoms with E-state index in [1.54, 1.807) is 19.1 Å². The molecule has 0 saturated carbocycles. The van der Waals surface area contributed by atoms with Crippen LogP contribution in [0.5, 0.6) is 0 Å². The number of anilines is 1. The molecule has 0 bridgehead atoms. The Morgan fingerprint density at radius 1 is 1.12 bits per heavy atom. The molecule has 134 valence electrons. The predicted octanol–water partition coefficient (Wildman–Crippen LogP) is 2.96. The number of aromatic nitrogens is 1. The number of fused-ring (bicyclic) bond motifs is 1. The number of sulfone groups is 1. The van der Waals surface area contributed by atoms with Crippen molar-refractivity contribution in [3.8, 4) is 0 Å². The van der Waals surface area contributed by atoms with Crippen LogP contribution in [0.15, 0.2) is 41.3 Å². The largest absolute Gasteiger partial charge is 0.478 e. The van der Waals surface area contributed by atoms with Crippen LogP contribution in [0.25, 0.3) is 10.2 Å². The molecule has 0 fully saturated rings. The summed E-state index contributed by atoms with van der Waals surface area (Å²) in [6, 6.07) is 8.99. The molecule has 1 heterocycles. The highest BCUT2D eigenvalue weighted by Crippen LogP contribution is 2.28. The fourth-order valence-electron chi connectivity index (χ4n) is 2.39. The first-order chi connectivity index (χ1) is 12.1. The molecule has 7 nitrogen and oxygen atoms in total. The zero-order valence-electron chi connectivity index (χ0n) is 13.8. The SMILES string of the molecule is Cc1ccc(C(=O)O)c(C(=O)Nc2nc3ccc(S(C)(=O)=O)cc3s2)c1. The van der Waals surface area contributed by atoms with E-state index in [1.807, 2.05) is 0 Å². The van der Waals surface area contributed by atoms with Gasteiger partial charge in [0.2, 0.25) is 0 Å². The third-order valence-electron chi connectivity index (χ3n) is 3.66. The predicted molar refractivity (Wildman–Crippen MR) is 98.8 cm³/mol. The van der Waals surface area contributed by atoms with E-state index >= 15 is 0 Å². The second-order valence-electron chi connectivity index (χ2n) is 5.73. The molecule has 1 amide bonds. The van der Waals surface area contributed by atoms with Gasteiger partial charge in [0.05, 0.1) is 26.2 Å². The molecular weight excluding hydrogens is 376 g/mol. The standard InChI is InChI=1S/C17H14N2O5S2/c1-9-3-5-11(16(21)22)12(7-9)15(20)19-17-18-13-6-4-10(26(2,23)24)8-14(13)25-17/h3-8H,1-2H3,(H,21,22)(H,18,19,20).